The molecule has 0 aromatic heterocycles. The van der Waals surface area contributed by atoms with E-state index < -0.39 is 0 Å². The van der Waals surface area contributed by atoms with Gasteiger partial charge in [0.15, 0.2) is 0 Å². The van der Waals surface area contributed by atoms with Crippen LogP contribution in [0.5, 0.6) is 5.75 Å². The van der Waals surface area contributed by atoms with Gasteiger partial charge in [-0.3, -0.25) is 0 Å². The van der Waals surface area contributed by atoms with E-state index in [1.165, 1.54) is 5.56 Å². The van der Waals surface area contributed by atoms with Crippen LogP contribution >= 0.6 is 28.3 Å². The summed E-state index contributed by atoms with van der Waals surface area (Å²) in [5, 5.41) is 13.0. The van der Waals surface area contributed by atoms with Gasteiger partial charge in [0.25, 0.3) is 0 Å². The van der Waals surface area contributed by atoms with E-state index in [0.29, 0.717) is 12.3 Å². The molecular weight excluding hydrogens is 314 g/mol. The number of benzene rings is 2. The summed E-state index contributed by atoms with van der Waals surface area (Å²) in [6.07, 6.45) is 0. The molecule has 0 saturated heterocycles. The van der Waals surface area contributed by atoms with E-state index in [9.17, 15) is 5.11 Å². The van der Waals surface area contributed by atoms with Gasteiger partial charge in [-0.05, 0) is 23.8 Å². The van der Waals surface area contributed by atoms with Crippen LogP contribution in [0.1, 0.15) is 11.1 Å². The molecule has 0 aliphatic rings. The Hall–Kier alpha value is -1.03. The Morgan fingerprint density at radius 1 is 1.00 bits per heavy atom. The summed E-state index contributed by atoms with van der Waals surface area (Å²) in [6.45, 7) is 1.45. The Labute approximate surface area is 122 Å². The van der Waals surface area contributed by atoms with E-state index in [-0.39, 0.29) is 12.4 Å². The quantitative estimate of drug-likeness (QED) is 0.893. The SMILES string of the molecule is Cl.Oc1ccc(Br)cc1CNCc1ccccc1. The van der Waals surface area contributed by atoms with Gasteiger partial charge in [0.2, 0.25) is 0 Å². The molecule has 2 N–H and O–H groups in total. The number of phenols is 1. The fourth-order valence-electron chi connectivity index (χ4n) is 1.63. The van der Waals surface area contributed by atoms with Crippen LogP contribution in [-0.2, 0) is 13.1 Å². The number of hydrogen-bond acceptors (Lipinski definition) is 2. The summed E-state index contributed by atoms with van der Waals surface area (Å²) in [4.78, 5) is 0. The van der Waals surface area contributed by atoms with Gasteiger partial charge in [-0.15, -0.1) is 12.4 Å². The molecule has 2 aromatic rings. The molecule has 0 heterocycles. The molecule has 0 aliphatic heterocycles. The molecule has 2 aromatic carbocycles. The fraction of sp³-hybridized carbons (Fsp3) is 0.143. The summed E-state index contributed by atoms with van der Waals surface area (Å²) in [5.41, 5.74) is 2.14. The van der Waals surface area contributed by atoms with Gasteiger partial charge in [0.1, 0.15) is 5.75 Å². The number of halogens is 2. The highest BCUT2D eigenvalue weighted by Crippen LogP contribution is 2.21. The standard InChI is InChI=1S/C14H14BrNO.ClH/c15-13-6-7-14(17)12(8-13)10-16-9-11-4-2-1-3-5-11;/h1-8,16-17H,9-10H2;1H. The third-order valence-electron chi connectivity index (χ3n) is 2.53. The van der Waals surface area contributed by atoms with Crippen LogP contribution in [0.3, 0.4) is 0 Å². The molecule has 0 aliphatic carbocycles. The summed E-state index contributed by atoms with van der Waals surface area (Å²) >= 11 is 3.39. The largest absolute Gasteiger partial charge is 0.508 e. The van der Waals surface area contributed by atoms with E-state index in [1.807, 2.05) is 30.3 Å². The lowest BCUT2D eigenvalue weighted by molar-refractivity contribution is 0.464. The Morgan fingerprint density at radius 3 is 2.44 bits per heavy atom. The maximum absolute atomic E-state index is 9.67. The highest BCUT2D eigenvalue weighted by molar-refractivity contribution is 9.10. The van der Waals surface area contributed by atoms with Crippen LogP contribution in [0, 0.1) is 0 Å². The monoisotopic (exact) mass is 327 g/mol. The molecule has 96 valence electrons. The maximum Gasteiger partial charge on any atom is 0.120 e. The van der Waals surface area contributed by atoms with Crippen molar-refractivity contribution >= 4 is 28.3 Å². The van der Waals surface area contributed by atoms with Crippen LogP contribution in [0.15, 0.2) is 53.0 Å². The lowest BCUT2D eigenvalue weighted by Gasteiger charge is -2.07. The minimum Gasteiger partial charge on any atom is -0.508 e. The van der Waals surface area contributed by atoms with E-state index >= 15 is 0 Å². The van der Waals surface area contributed by atoms with Crippen LogP contribution in [-0.4, -0.2) is 5.11 Å². The van der Waals surface area contributed by atoms with Crippen LogP contribution in [0.4, 0.5) is 0 Å². The van der Waals surface area contributed by atoms with Crippen molar-refractivity contribution in [3.8, 4) is 5.75 Å². The zero-order valence-electron chi connectivity index (χ0n) is 9.77. The molecule has 0 saturated carbocycles. The Kier molecular flexibility index (Phi) is 6.19. The van der Waals surface area contributed by atoms with Crippen LogP contribution < -0.4 is 5.32 Å². The minimum absolute atomic E-state index is 0. The van der Waals surface area contributed by atoms with E-state index in [2.05, 4.69) is 33.4 Å². The lowest BCUT2D eigenvalue weighted by Crippen LogP contribution is -2.12. The highest BCUT2D eigenvalue weighted by Gasteiger charge is 2.01. The zero-order valence-corrected chi connectivity index (χ0v) is 12.2. The van der Waals surface area contributed by atoms with Gasteiger partial charge < -0.3 is 10.4 Å². The molecule has 4 heteroatoms. The normalized spacial score (nSPS) is 9.83. The van der Waals surface area contributed by atoms with Crippen molar-refractivity contribution < 1.29 is 5.11 Å². The second kappa shape index (κ2) is 7.41. The lowest BCUT2D eigenvalue weighted by atomic mass is 10.2. The van der Waals surface area contributed by atoms with Crippen molar-refractivity contribution in [2.24, 2.45) is 0 Å². The average molecular weight is 329 g/mol. The molecule has 2 rings (SSSR count). The van der Waals surface area contributed by atoms with Crippen molar-refractivity contribution in [1.82, 2.24) is 5.32 Å². The Bertz CT molecular complexity index is 490. The number of aromatic hydroxyl groups is 1. The predicted octanol–water partition coefficient (Wildman–Crippen LogP) is 3.87. The van der Waals surface area contributed by atoms with Gasteiger partial charge in [0.05, 0.1) is 0 Å². The van der Waals surface area contributed by atoms with Gasteiger partial charge in [-0.1, -0.05) is 46.3 Å². The Balaban J connectivity index is 0.00000162. The molecule has 0 amide bonds. The highest BCUT2D eigenvalue weighted by atomic mass is 79.9. The molecular formula is C14H15BrClNO. The molecule has 2 nitrogen and oxygen atoms in total. The first kappa shape index (κ1) is 15.0. The van der Waals surface area contributed by atoms with Crippen molar-refractivity contribution in [3.63, 3.8) is 0 Å². The first-order valence-corrected chi connectivity index (χ1v) is 6.27. The van der Waals surface area contributed by atoms with Gasteiger partial charge in [0, 0.05) is 23.1 Å². The topological polar surface area (TPSA) is 32.3 Å². The van der Waals surface area contributed by atoms with Crippen molar-refractivity contribution in [2.75, 3.05) is 0 Å². The molecule has 0 spiro atoms. The summed E-state index contributed by atoms with van der Waals surface area (Å²) < 4.78 is 0.979. The third kappa shape index (κ3) is 4.33. The van der Waals surface area contributed by atoms with E-state index in [1.54, 1.807) is 6.07 Å². The fourth-order valence-corrected chi connectivity index (χ4v) is 2.04. The molecule has 18 heavy (non-hydrogen) atoms. The van der Waals surface area contributed by atoms with E-state index in [0.717, 1.165) is 16.6 Å². The number of rotatable bonds is 4. The predicted molar refractivity (Wildman–Crippen MR) is 80.0 cm³/mol. The first-order valence-electron chi connectivity index (χ1n) is 5.48. The van der Waals surface area contributed by atoms with Gasteiger partial charge >= 0.3 is 0 Å². The third-order valence-corrected chi connectivity index (χ3v) is 3.02. The summed E-state index contributed by atoms with van der Waals surface area (Å²) in [6, 6.07) is 15.7. The smallest absolute Gasteiger partial charge is 0.120 e. The first-order chi connectivity index (χ1) is 8.25. The average Bonchev–Trinajstić information content (AvgIpc) is 2.35. The molecule has 0 unspecified atom stereocenters. The molecule has 0 fully saturated rings. The van der Waals surface area contributed by atoms with Crippen molar-refractivity contribution in [1.29, 1.82) is 0 Å². The minimum atomic E-state index is 0. The summed E-state index contributed by atoms with van der Waals surface area (Å²) in [7, 11) is 0. The molecule has 0 bridgehead atoms. The van der Waals surface area contributed by atoms with Crippen molar-refractivity contribution in [3.05, 3.63) is 64.1 Å². The van der Waals surface area contributed by atoms with Crippen LogP contribution in [0.2, 0.25) is 0 Å². The molecule has 0 atom stereocenters. The Morgan fingerprint density at radius 2 is 1.72 bits per heavy atom. The second-order valence-corrected chi connectivity index (χ2v) is 4.78. The van der Waals surface area contributed by atoms with Gasteiger partial charge in [-0.2, -0.15) is 0 Å². The number of nitrogens with one attached hydrogen (secondary N) is 1. The second-order valence-electron chi connectivity index (χ2n) is 3.86. The summed E-state index contributed by atoms with van der Waals surface area (Å²) in [5.74, 6) is 0.328. The molecule has 0 radical (unpaired) electrons. The van der Waals surface area contributed by atoms with Gasteiger partial charge in [-0.25, -0.2) is 0 Å². The van der Waals surface area contributed by atoms with E-state index in [4.69, 9.17) is 0 Å². The number of hydrogen-bond donors (Lipinski definition) is 2. The van der Waals surface area contributed by atoms with Crippen molar-refractivity contribution in [2.45, 2.75) is 13.1 Å². The van der Waals surface area contributed by atoms with Crippen LogP contribution in [0.25, 0.3) is 0 Å². The maximum atomic E-state index is 9.67. The number of phenolic OH excluding ortho intramolecular Hbond substituents is 1. The zero-order chi connectivity index (χ0) is 12.1.